The molecular weight excluding hydrogens is 509 g/mol. The highest BCUT2D eigenvalue weighted by molar-refractivity contribution is 6.32. The number of β-amino-alcohol motifs (C(OH)–C–C–N with tert-alkyl or cyclic N) is 1. The summed E-state index contributed by atoms with van der Waals surface area (Å²) in [4.78, 5) is 22.5. The first-order chi connectivity index (χ1) is 17.6. The summed E-state index contributed by atoms with van der Waals surface area (Å²) in [5.74, 6) is 0.870. The molecule has 3 aliphatic rings. The molecule has 4 unspecified atom stereocenters. The molecule has 2 aliphatic carbocycles. The number of benzene rings is 1. The van der Waals surface area contributed by atoms with Gasteiger partial charge in [-0.2, -0.15) is 18.2 Å². The van der Waals surface area contributed by atoms with Gasteiger partial charge in [-0.25, -0.2) is 4.98 Å². The third-order valence-corrected chi connectivity index (χ3v) is 8.24. The highest BCUT2D eigenvalue weighted by Crippen LogP contribution is 2.49. The normalized spacial score (nSPS) is 26.4. The lowest BCUT2D eigenvalue weighted by Gasteiger charge is -2.30. The number of hydrogen-bond donors (Lipinski definition) is 4. The van der Waals surface area contributed by atoms with Gasteiger partial charge in [0.2, 0.25) is 11.9 Å². The van der Waals surface area contributed by atoms with Crippen LogP contribution in [0.1, 0.15) is 30.4 Å². The number of aromatic nitrogens is 2. The Kier molecular flexibility index (Phi) is 7.21. The summed E-state index contributed by atoms with van der Waals surface area (Å²) >= 11 is 6.37. The largest absolute Gasteiger partial charge is 0.415 e. The topological polar surface area (TPSA) is 116 Å². The molecule has 37 heavy (non-hydrogen) atoms. The van der Waals surface area contributed by atoms with Crippen LogP contribution in [0.4, 0.5) is 30.6 Å². The molecule has 200 valence electrons. The number of hydrogen-bond acceptors (Lipinski definition) is 7. The van der Waals surface area contributed by atoms with E-state index in [1.54, 1.807) is 4.90 Å². The molecule has 1 aromatic carbocycles. The number of amides is 1. The van der Waals surface area contributed by atoms with Crippen LogP contribution in [0.5, 0.6) is 0 Å². The van der Waals surface area contributed by atoms with Gasteiger partial charge in [0.25, 0.3) is 0 Å². The molecule has 1 aliphatic heterocycles. The number of primary amides is 1. The Morgan fingerprint density at radius 2 is 1.95 bits per heavy atom. The van der Waals surface area contributed by atoms with Gasteiger partial charge in [-0.3, -0.25) is 9.69 Å². The van der Waals surface area contributed by atoms with Crippen LogP contribution < -0.4 is 16.4 Å². The van der Waals surface area contributed by atoms with Crippen molar-refractivity contribution < 1.29 is 23.1 Å². The maximum Gasteiger partial charge on any atom is 0.415 e. The van der Waals surface area contributed by atoms with Crippen molar-refractivity contribution in [1.29, 1.82) is 0 Å². The molecule has 5 N–H and O–H groups in total. The number of nitrogens with two attached hydrogens (primary N) is 1. The van der Waals surface area contributed by atoms with E-state index < -0.39 is 18.8 Å². The first-order valence-electron chi connectivity index (χ1n) is 12.5. The Bertz CT molecular complexity index is 1170. The Balaban J connectivity index is 1.26. The zero-order chi connectivity index (χ0) is 26.3. The predicted octanol–water partition coefficient (Wildman–Crippen LogP) is 3.51. The van der Waals surface area contributed by atoms with E-state index in [0.29, 0.717) is 54.6 Å². The van der Waals surface area contributed by atoms with Gasteiger partial charge in [0, 0.05) is 31.4 Å². The predicted molar refractivity (Wildman–Crippen MR) is 134 cm³/mol. The maximum atomic E-state index is 12.8. The van der Waals surface area contributed by atoms with Crippen LogP contribution in [-0.4, -0.2) is 63.8 Å². The molecule has 5 rings (SSSR count). The molecular formula is C25H30ClF3N6O2. The number of carbonyl (C=O) groups is 1. The Hall–Kier alpha value is -2.63. The van der Waals surface area contributed by atoms with E-state index in [-0.39, 0.29) is 17.9 Å². The zero-order valence-corrected chi connectivity index (χ0v) is 20.9. The number of alkyl halides is 3. The zero-order valence-electron chi connectivity index (χ0n) is 20.1. The molecule has 0 radical (unpaired) electrons. The SMILES string of the molecule is NC(=O)C1C2CCC(C2)C1Nc1nc(Nc2ccc3c(c2)CCN(C[C@H](O)C(F)(F)F)CC3)ncc1Cl. The van der Waals surface area contributed by atoms with Gasteiger partial charge >= 0.3 is 6.18 Å². The molecule has 8 nitrogen and oxygen atoms in total. The summed E-state index contributed by atoms with van der Waals surface area (Å²) in [5.41, 5.74) is 8.51. The Morgan fingerprint density at radius 1 is 1.22 bits per heavy atom. The van der Waals surface area contributed by atoms with Gasteiger partial charge in [-0.1, -0.05) is 17.7 Å². The second-order valence-corrected chi connectivity index (χ2v) is 10.7. The van der Waals surface area contributed by atoms with Crippen LogP contribution in [-0.2, 0) is 17.6 Å². The van der Waals surface area contributed by atoms with E-state index >= 15 is 0 Å². The number of halogens is 4. The highest BCUT2D eigenvalue weighted by Gasteiger charge is 2.50. The Morgan fingerprint density at radius 3 is 2.68 bits per heavy atom. The van der Waals surface area contributed by atoms with Crippen LogP contribution in [0.25, 0.3) is 0 Å². The molecule has 12 heteroatoms. The van der Waals surface area contributed by atoms with Crippen molar-refractivity contribution in [3.8, 4) is 0 Å². The summed E-state index contributed by atoms with van der Waals surface area (Å²) in [6.07, 6.45) is -1.30. The number of aliphatic hydroxyl groups is 1. The lowest BCUT2D eigenvalue weighted by Crippen LogP contribution is -2.42. The highest BCUT2D eigenvalue weighted by atomic mass is 35.5. The van der Waals surface area contributed by atoms with Crippen LogP contribution in [0.3, 0.4) is 0 Å². The first-order valence-corrected chi connectivity index (χ1v) is 12.9. The smallest absolute Gasteiger partial charge is 0.382 e. The molecule has 1 aromatic heterocycles. The second kappa shape index (κ2) is 10.3. The Labute approximate surface area is 217 Å². The van der Waals surface area contributed by atoms with E-state index in [9.17, 15) is 23.1 Å². The van der Waals surface area contributed by atoms with Gasteiger partial charge in [0.15, 0.2) is 11.9 Å². The summed E-state index contributed by atoms with van der Waals surface area (Å²) < 4.78 is 38.3. The lowest BCUT2D eigenvalue weighted by molar-refractivity contribution is -0.208. The fourth-order valence-corrected chi connectivity index (χ4v) is 6.25. The summed E-state index contributed by atoms with van der Waals surface area (Å²) in [7, 11) is 0. The molecule has 0 saturated heterocycles. The van der Waals surface area contributed by atoms with Gasteiger partial charge < -0.3 is 21.5 Å². The molecule has 2 saturated carbocycles. The summed E-state index contributed by atoms with van der Waals surface area (Å²) in [6.45, 7) is 0.424. The van der Waals surface area contributed by atoms with Crippen molar-refractivity contribution >= 4 is 35.0 Å². The van der Waals surface area contributed by atoms with Crippen molar-refractivity contribution in [2.75, 3.05) is 30.3 Å². The van der Waals surface area contributed by atoms with Crippen LogP contribution in [0, 0.1) is 17.8 Å². The summed E-state index contributed by atoms with van der Waals surface area (Å²) in [6, 6.07) is 5.66. The van der Waals surface area contributed by atoms with E-state index in [1.807, 2.05) is 18.2 Å². The number of rotatable bonds is 7. The van der Waals surface area contributed by atoms with Crippen molar-refractivity contribution in [2.45, 2.75) is 50.4 Å². The summed E-state index contributed by atoms with van der Waals surface area (Å²) in [5, 5.41) is 16.3. The number of nitrogens with one attached hydrogen (secondary N) is 2. The van der Waals surface area contributed by atoms with Crippen molar-refractivity contribution in [1.82, 2.24) is 14.9 Å². The number of aliphatic hydroxyl groups excluding tert-OH is 1. The molecule has 5 atom stereocenters. The van der Waals surface area contributed by atoms with Crippen molar-refractivity contribution in [3.05, 3.63) is 40.5 Å². The van der Waals surface area contributed by atoms with E-state index in [2.05, 4.69) is 20.6 Å². The minimum atomic E-state index is -4.62. The molecule has 0 spiro atoms. The number of carbonyl (C=O) groups excluding carboxylic acids is 1. The average molecular weight is 539 g/mol. The minimum absolute atomic E-state index is 0.109. The fraction of sp³-hybridized carbons (Fsp3) is 0.560. The van der Waals surface area contributed by atoms with Gasteiger partial charge in [0.1, 0.15) is 5.02 Å². The third kappa shape index (κ3) is 5.63. The minimum Gasteiger partial charge on any atom is -0.382 e. The number of anilines is 3. The van der Waals surface area contributed by atoms with Crippen LogP contribution in [0.2, 0.25) is 5.02 Å². The molecule has 2 heterocycles. The van der Waals surface area contributed by atoms with Crippen molar-refractivity contribution in [2.24, 2.45) is 23.5 Å². The molecule has 2 aromatic rings. The quantitative estimate of drug-likeness (QED) is 0.426. The lowest BCUT2D eigenvalue weighted by atomic mass is 9.84. The van der Waals surface area contributed by atoms with E-state index in [0.717, 1.165) is 36.1 Å². The fourth-order valence-electron chi connectivity index (χ4n) is 6.10. The maximum absolute atomic E-state index is 12.8. The van der Waals surface area contributed by atoms with Crippen molar-refractivity contribution in [3.63, 3.8) is 0 Å². The monoisotopic (exact) mass is 538 g/mol. The van der Waals surface area contributed by atoms with Crippen LogP contribution in [0.15, 0.2) is 24.4 Å². The van der Waals surface area contributed by atoms with Gasteiger partial charge in [0.05, 0.1) is 12.1 Å². The standard InChI is InChI=1S/C25H30ClF3N6O2/c26-18-11-31-24(34-23(18)33-21-16-2-1-15(9-16)20(21)22(30)37)32-17-4-3-13-5-7-35(8-6-14(13)10-17)12-19(36)25(27,28)29/h3-4,10-11,15-16,19-21,36H,1-2,5-9,12H2,(H2,30,37)(H2,31,32,33,34)/t15?,16?,19-,20?,21?/m0/s1. The number of nitrogens with zero attached hydrogens (tertiary/aromatic N) is 3. The van der Waals surface area contributed by atoms with Crippen LogP contribution >= 0.6 is 11.6 Å². The first kappa shape index (κ1) is 26.0. The van der Waals surface area contributed by atoms with Gasteiger partial charge in [-0.15, -0.1) is 0 Å². The average Bonchev–Trinajstić information content (AvgIpc) is 3.38. The third-order valence-electron chi connectivity index (χ3n) is 7.96. The molecule has 1 amide bonds. The number of fused-ring (bicyclic) bond motifs is 3. The molecule has 2 bridgehead atoms. The van der Waals surface area contributed by atoms with E-state index in [1.165, 1.54) is 6.20 Å². The van der Waals surface area contributed by atoms with E-state index in [4.69, 9.17) is 17.3 Å². The van der Waals surface area contributed by atoms with Gasteiger partial charge in [-0.05, 0) is 67.2 Å². The molecule has 2 fully saturated rings. The second-order valence-electron chi connectivity index (χ2n) is 10.3.